The van der Waals surface area contributed by atoms with E-state index in [-0.39, 0.29) is 5.82 Å². The Morgan fingerprint density at radius 2 is 2.21 bits per heavy atom. The molecule has 0 unspecified atom stereocenters. The smallest absolute Gasteiger partial charge is 0.180 e. The highest BCUT2D eigenvalue weighted by molar-refractivity contribution is 9.10. The van der Waals surface area contributed by atoms with Crippen LogP contribution in [0.3, 0.4) is 0 Å². The van der Waals surface area contributed by atoms with E-state index < -0.39 is 0 Å². The molecule has 14 heavy (non-hydrogen) atoms. The van der Waals surface area contributed by atoms with Gasteiger partial charge in [-0.15, -0.1) is 0 Å². The molecule has 0 atom stereocenters. The third-order valence-electron chi connectivity index (χ3n) is 1.73. The Hall–Kier alpha value is -0.940. The predicted octanol–water partition coefficient (Wildman–Crippen LogP) is 3.29. The van der Waals surface area contributed by atoms with Gasteiger partial charge in [-0.25, -0.2) is 9.37 Å². The van der Waals surface area contributed by atoms with Crippen molar-refractivity contribution in [3.05, 3.63) is 34.7 Å². The SMILES string of the molecule is Nc1ncc(-c2ccc(F)c(Br)c2)s1. The van der Waals surface area contributed by atoms with Gasteiger partial charge in [0.25, 0.3) is 0 Å². The number of rotatable bonds is 1. The first-order valence-corrected chi connectivity index (χ1v) is 5.44. The lowest BCUT2D eigenvalue weighted by atomic mass is 10.2. The maximum Gasteiger partial charge on any atom is 0.180 e. The largest absolute Gasteiger partial charge is 0.375 e. The van der Waals surface area contributed by atoms with Crippen molar-refractivity contribution < 1.29 is 4.39 Å². The number of nitrogen functional groups attached to an aromatic ring is 1. The second-order valence-electron chi connectivity index (χ2n) is 2.69. The second kappa shape index (κ2) is 3.67. The van der Waals surface area contributed by atoms with E-state index >= 15 is 0 Å². The number of aromatic nitrogens is 1. The zero-order chi connectivity index (χ0) is 10.1. The van der Waals surface area contributed by atoms with Crippen LogP contribution in [0.15, 0.2) is 28.9 Å². The minimum absolute atomic E-state index is 0.272. The molecule has 2 nitrogen and oxygen atoms in total. The van der Waals surface area contributed by atoms with E-state index in [0.29, 0.717) is 9.60 Å². The molecular weight excluding hydrogens is 267 g/mol. The quantitative estimate of drug-likeness (QED) is 0.865. The molecular formula is C9H6BrFN2S. The van der Waals surface area contributed by atoms with Crippen molar-refractivity contribution in [2.75, 3.05) is 5.73 Å². The zero-order valence-corrected chi connectivity index (χ0v) is 9.40. The van der Waals surface area contributed by atoms with E-state index in [2.05, 4.69) is 20.9 Å². The van der Waals surface area contributed by atoms with Crippen LogP contribution < -0.4 is 5.73 Å². The Bertz CT molecular complexity index is 470. The average Bonchev–Trinajstić information content (AvgIpc) is 2.57. The van der Waals surface area contributed by atoms with Crippen molar-refractivity contribution in [1.29, 1.82) is 0 Å². The standard InChI is InChI=1S/C9H6BrFN2S/c10-6-3-5(1-2-7(6)11)8-4-13-9(12)14-8/h1-4H,(H2,12,13). The van der Waals surface area contributed by atoms with Crippen LogP contribution in [0, 0.1) is 5.82 Å². The van der Waals surface area contributed by atoms with Crippen LogP contribution in [-0.4, -0.2) is 4.98 Å². The highest BCUT2D eigenvalue weighted by atomic mass is 79.9. The lowest BCUT2D eigenvalue weighted by Crippen LogP contribution is -1.78. The lowest BCUT2D eigenvalue weighted by Gasteiger charge is -1.98. The molecule has 0 amide bonds. The highest BCUT2D eigenvalue weighted by Gasteiger charge is 2.05. The van der Waals surface area contributed by atoms with Gasteiger partial charge in [0.15, 0.2) is 5.13 Å². The molecule has 1 heterocycles. The van der Waals surface area contributed by atoms with Crippen molar-refractivity contribution in [3.8, 4) is 10.4 Å². The summed E-state index contributed by atoms with van der Waals surface area (Å²) in [5, 5.41) is 0.514. The summed E-state index contributed by atoms with van der Waals surface area (Å²) in [5.74, 6) is -0.272. The summed E-state index contributed by atoms with van der Waals surface area (Å²) >= 11 is 4.51. The van der Waals surface area contributed by atoms with Crippen LogP contribution in [0.1, 0.15) is 0 Å². The molecule has 1 aromatic heterocycles. The van der Waals surface area contributed by atoms with Gasteiger partial charge in [0.1, 0.15) is 5.82 Å². The van der Waals surface area contributed by atoms with E-state index in [1.807, 2.05) is 0 Å². The number of hydrogen-bond acceptors (Lipinski definition) is 3. The van der Waals surface area contributed by atoms with Crippen molar-refractivity contribution in [1.82, 2.24) is 4.98 Å². The van der Waals surface area contributed by atoms with Gasteiger partial charge in [-0.2, -0.15) is 0 Å². The van der Waals surface area contributed by atoms with Crippen LogP contribution in [0.2, 0.25) is 0 Å². The van der Waals surface area contributed by atoms with E-state index in [4.69, 9.17) is 5.73 Å². The predicted molar refractivity (Wildman–Crippen MR) is 59.6 cm³/mol. The number of thiazole rings is 1. The van der Waals surface area contributed by atoms with Crippen molar-refractivity contribution in [3.63, 3.8) is 0 Å². The summed E-state index contributed by atoms with van der Waals surface area (Å²) < 4.78 is 13.4. The van der Waals surface area contributed by atoms with E-state index in [9.17, 15) is 4.39 Å². The Morgan fingerprint density at radius 3 is 2.79 bits per heavy atom. The summed E-state index contributed by atoms with van der Waals surface area (Å²) in [5.41, 5.74) is 6.42. The molecule has 72 valence electrons. The maximum absolute atomic E-state index is 12.9. The van der Waals surface area contributed by atoms with Gasteiger partial charge in [-0.05, 0) is 33.6 Å². The third-order valence-corrected chi connectivity index (χ3v) is 3.21. The zero-order valence-electron chi connectivity index (χ0n) is 7.00. The average molecular weight is 273 g/mol. The summed E-state index contributed by atoms with van der Waals surface area (Å²) in [6.07, 6.45) is 1.68. The fourth-order valence-corrected chi connectivity index (χ4v) is 2.13. The van der Waals surface area contributed by atoms with Crippen molar-refractivity contribution >= 4 is 32.4 Å². The number of benzene rings is 1. The molecule has 5 heteroatoms. The van der Waals surface area contributed by atoms with Crippen LogP contribution >= 0.6 is 27.3 Å². The molecule has 0 saturated carbocycles. The molecule has 0 radical (unpaired) electrons. The fraction of sp³-hybridized carbons (Fsp3) is 0. The molecule has 2 N–H and O–H groups in total. The number of nitrogens with zero attached hydrogens (tertiary/aromatic N) is 1. The molecule has 2 aromatic rings. The normalized spacial score (nSPS) is 10.4. The van der Waals surface area contributed by atoms with Crippen LogP contribution in [0.4, 0.5) is 9.52 Å². The van der Waals surface area contributed by atoms with Crippen LogP contribution in [0.25, 0.3) is 10.4 Å². The third kappa shape index (κ3) is 1.78. The summed E-state index contributed by atoms with van der Waals surface area (Å²) in [6.45, 7) is 0. The van der Waals surface area contributed by atoms with Crippen LogP contribution in [-0.2, 0) is 0 Å². The molecule has 0 fully saturated rings. The first kappa shape index (κ1) is 9.61. The second-order valence-corrected chi connectivity index (χ2v) is 4.61. The number of hydrogen-bond donors (Lipinski definition) is 1. The molecule has 2 rings (SSSR count). The minimum atomic E-state index is -0.272. The van der Waals surface area contributed by atoms with Gasteiger partial charge in [-0.3, -0.25) is 0 Å². The topological polar surface area (TPSA) is 38.9 Å². The molecule has 1 aromatic carbocycles. The fourth-order valence-electron chi connectivity index (χ4n) is 1.07. The van der Waals surface area contributed by atoms with E-state index in [1.165, 1.54) is 17.4 Å². The van der Waals surface area contributed by atoms with Crippen LogP contribution in [0.5, 0.6) is 0 Å². The molecule has 0 saturated heterocycles. The Balaban J connectivity index is 2.47. The van der Waals surface area contributed by atoms with Crippen molar-refractivity contribution in [2.24, 2.45) is 0 Å². The van der Waals surface area contributed by atoms with E-state index in [0.717, 1.165) is 10.4 Å². The molecule has 0 aliphatic carbocycles. The van der Waals surface area contributed by atoms with Gasteiger partial charge in [0.05, 0.1) is 9.35 Å². The lowest BCUT2D eigenvalue weighted by molar-refractivity contribution is 0.621. The van der Waals surface area contributed by atoms with Gasteiger partial charge in [0, 0.05) is 6.20 Å². The number of halogens is 2. The molecule has 0 spiro atoms. The first-order valence-electron chi connectivity index (χ1n) is 3.83. The van der Waals surface area contributed by atoms with E-state index in [1.54, 1.807) is 18.3 Å². The molecule has 0 bridgehead atoms. The molecule has 0 aliphatic rings. The maximum atomic E-state index is 12.9. The van der Waals surface area contributed by atoms with Gasteiger partial charge in [-0.1, -0.05) is 17.4 Å². The van der Waals surface area contributed by atoms with Gasteiger partial charge in [0.2, 0.25) is 0 Å². The minimum Gasteiger partial charge on any atom is -0.375 e. The Labute approximate surface area is 92.7 Å². The summed E-state index contributed by atoms with van der Waals surface area (Å²) in [4.78, 5) is 4.87. The van der Waals surface area contributed by atoms with Gasteiger partial charge >= 0.3 is 0 Å². The Kier molecular flexibility index (Phi) is 2.52. The highest BCUT2D eigenvalue weighted by Crippen LogP contribution is 2.30. The Morgan fingerprint density at radius 1 is 1.43 bits per heavy atom. The monoisotopic (exact) mass is 272 g/mol. The van der Waals surface area contributed by atoms with Crippen molar-refractivity contribution in [2.45, 2.75) is 0 Å². The summed E-state index contributed by atoms with van der Waals surface area (Å²) in [7, 11) is 0. The molecule has 0 aliphatic heterocycles. The summed E-state index contributed by atoms with van der Waals surface area (Å²) in [6, 6.07) is 4.82. The number of anilines is 1. The van der Waals surface area contributed by atoms with Gasteiger partial charge < -0.3 is 5.73 Å². The first-order chi connectivity index (χ1) is 6.66. The number of nitrogens with two attached hydrogens (primary N) is 1.